The quantitative estimate of drug-likeness (QED) is 0.726. The summed E-state index contributed by atoms with van der Waals surface area (Å²) in [4.78, 5) is 3.55. The highest BCUT2D eigenvalue weighted by Gasteiger charge is 2.46. The molecule has 0 amide bonds. The van der Waals surface area contributed by atoms with Crippen LogP contribution in [-0.2, 0) is 15.4 Å². The first-order chi connectivity index (χ1) is 11.5. The highest BCUT2D eigenvalue weighted by atomic mass is 35.5. The summed E-state index contributed by atoms with van der Waals surface area (Å²) in [6.07, 6.45) is 3.90. The van der Waals surface area contributed by atoms with Crippen LogP contribution < -0.4 is 4.72 Å². The fourth-order valence-electron chi connectivity index (χ4n) is 3.14. The van der Waals surface area contributed by atoms with Crippen LogP contribution in [0, 0.1) is 0 Å². The van der Waals surface area contributed by atoms with Gasteiger partial charge in [-0.3, -0.25) is 0 Å². The van der Waals surface area contributed by atoms with Gasteiger partial charge in [0.25, 0.3) is 0 Å². The monoisotopic (exact) mass is 360 g/mol. The maximum absolute atomic E-state index is 12.5. The Kier molecular flexibility index (Phi) is 3.67. The number of fused-ring (bicyclic) bond motifs is 1. The topological polar surface area (TPSA) is 62.0 Å². The van der Waals surface area contributed by atoms with Crippen LogP contribution in [-0.4, -0.2) is 19.9 Å². The molecular weight excluding hydrogens is 344 g/mol. The van der Waals surface area contributed by atoms with Crippen molar-refractivity contribution < 1.29 is 8.42 Å². The van der Waals surface area contributed by atoms with Crippen molar-refractivity contribution in [3.05, 3.63) is 65.3 Å². The summed E-state index contributed by atoms with van der Waals surface area (Å²) in [5.74, 6) is 0. The van der Waals surface area contributed by atoms with Gasteiger partial charge in [-0.15, -0.1) is 0 Å². The zero-order valence-corrected chi connectivity index (χ0v) is 14.5. The first kappa shape index (κ1) is 15.7. The lowest BCUT2D eigenvalue weighted by Gasteiger charge is -2.16. The van der Waals surface area contributed by atoms with Crippen LogP contribution in [0.25, 0.3) is 10.9 Å². The standard InChI is InChI=1S/C18H17ClN2O2S/c19-13-6-7-17-15(10-13)16(11-20-17)18(8-9-18)12-21-24(22,23)14-4-2-1-3-5-14/h1-7,10-11,20-21H,8-9,12H2. The summed E-state index contributed by atoms with van der Waals surface area (Å²) >= 11 is 6.12. The average molecular weight is 361 g/mol. The van der Waals surface area contributed by atoms with E-state index in [2.05, 4.69) is 9.71 Å². The maximum Gasteiger partial charge on any atom is 0.240 e. The number of aromatic nitrogens is 1. The summed E-state index contributed by atoms with van der Waals surface area (Å²) in [6, 6.07) is 14.2. The molecule has 1 saturated carbocycles. The smallest absolute Gasteiger partial charge is 0.240 e. The van der Waals surface area contributed by atoms with Crippen LogP contribution >= 0.6 is 11.6 Å². The molecule has 2 N–H and O–H groups in total. The zero-order valence-electron chi connectivity index (χ0n) is 12.9. The second-order valence-electron chi connectivity index (χ2n) is 6.31. The molecule has 124 valence electrons. The van der Waals surface area contributed by atoms with E-state index in [-0.39, 0.29) is 5.41 Å². The lowest BCUT2D eigenvalue weighted by Crippen LogP contribution is -2.32. The molecule has 1 fully saturated rings. The van der Waals surface area contributed by atoms with E-state index in [4.69, 9.17) is 11.6 Å². The minimum Gasteiger partial charge on any atom is -0.361 e. The van der Waals surface area contributed by atoms with Gasteiger partial charge in [0.05, 0.1) is 4.90 Å². The number of halogens is 1. The Bertz CT molecular complexity index is 992. The molecule has 24 heavy (non-hydrogen) atoms. The van der Waals surface area contributed by atoms with E-state index in [0.717, 1.165) is 29.3 Å². The molecule has 0 aliphatic heterocycles. The molecule has 1 aliphatic carbocycles. The van der Waals surface area contributed by atoms with Crippen LogP contribution in [0.4, 0.5) is 0 Å². The molecule has 0 spiro atoms. The van der Waals surface area contributed by atoms with E-state index >= 15 is 0 Å². The van der Waals surface area contributed by atoms with Gasteiger partial charge in [-0.25, -0.2) is 13.1 Å². The van der Waals surface area contributed by atoms with E-state index in [9.17, 15) is 8.42 Å². The highest BCUT2D eigenvalue weighted by Crippen LogP contribution is 2.50. The van der Waals surface area contributed by atoms with E-state index in [1.165, 1.54) is 0 Å². The molecule has 4 nitrogen and oxygen atoms in total. The minimum atomic E-state index is -3.49. The van der Waals surface area contributed by atoms with Crippen molar-refractivity contribution in [2.75, 3.05) is 6.54 Å². The molecule has 0 unspecified atom stereocenters. The van der Waals surface area contributed by atoms with Gasteiger partial charge in [-0.1, -0.05) is 29.8 Å². The number of H-pyrrole nitrogens is 1. The first-order valence-electron chi connectivity index (χ1n) is 7.82. The molecule has 0 bridgehead atoms. The third-order valence-electron chi connectivity index (χ3n) is 4.72. The highest BCUT2D eigenvalue weighted by molar-refractivity contribution is 7.89. The Labute approximate surface area is 145 Å². The normalized spacial score (nSPS) is 16.4. The van der Waals surface area contributed by atoms with Gasteiger partial charge in [0.2, 0.25) is 10.0 Å². The van der Waals surface area contributed by atoms with Gasteiger partial charge in [0.15, 0.2) is 0 Å². The number of benzene rings is 2. The van der Waals surface area contributed by atoms with Crippen molar-refractivity contribution in [2.24, 2.45) is 0 Å². The Morgan fingerprint density at radius 3 is 2.58 bits per heavy atom. The molecule has 1 aliphatic rings. The second kappa shape index (κ2) is 5.62. The van der Waals surface area contributed by atoms with Gasteiger partial charge in [-0.05, 0) is 48.7 Å². The third-order valence-corrected chi connectivity index (χ3v) is 6.38. The fraction of sp³-hybridized carbons (Fsp3) is 0.222. The number of hydrogen-bond donors (Lipinski definition) is 2. The number of hydrogen-bond acceptors (Lipinski definition) is 2. The Morgan fingerprint density at radius 2 is 1.88 bits per heavy atom. The maximum atomic E-state index is 12.5. The third kappa shape index (κ3) is 2.73. The number of sulfonamides is 1. The largest absolute Gasteiger partial charge is 0.361 e. The van der Waals surface area contributed by atoms with Crippen molar-refractivity contribution in [3.63, 3.8) is 0 Å². The van der Waals surface area contributed by atoms with E-state index in [1.807, 2.05) is 24.4 Å². The Morgan fingerprint density at radius 1 is 1.12 bits per heavy atom. The van der Waals surface area contributed by atoms with E-state index in [0.29, 0.717) is 16.5 Å². The van der Waals surface area contributed by atoms with Crippen LogP contribution in [0.1, 0.15) is 18.4 Å². The molecule has 2 aromatic carbocycles. The predicted octanol–water partition coefficient (Wildman–Crippen LogP) is 3.83. The molecule has 6 heteroatoms. The summed E-state index contributed by atoms with van der Waals surface area (Å²) in [5, 5.41) is 1.75. The van der Waals surface area contributed by atoms with E-state index in [1.54, 1.807) is 30.3 Å². The SMILES string of the molecule is O=S(=O)(NCC1(c2c[nH]c3ccc(Cl)cc23)CC1)c1ccccc1. The van der Waals surface area contributed by atoms with Crippen molar-refractivity contribution in [1.29, 1.82) is 0 Å². The van der Waals surface area contributed by atoms with Crippen molar-refractivity contribution in [3.8, 4) is 0 Å². The van der Waals surface area contributed by atoms with Gasteiger partial charge in [0.1, 0.15) is 0 Å². The lowest BCUT2D eigenvalue weighted by molar-refractivity contribution is 0.568. The summed E-state index contributed by atoms with van der Waals surface area (Å²) < 4.78 is 27.7. The number of aromatic amines is 1. The number of rotatable bonds is 5. The van der Waals surface area contributed by atoms with Crippen LogP contribution in [0.15, 0.2) is 59.6 Å². The van der Waals surface area contributed by atoms with Gasteiger partial charge in [0, 0.05) is 34.1 Å². The lowest BCUT2D eigenvalue weighted by atomic mass is 9.96. The first-order valence-corrected chi connectivity index (χ1v) is 9.68. The van der Waals surface area contributed by atoms with Crippen LogP contribution in [0.3, 0.4) is 0 Å². The molecule has 3 aromatic rings. The summed E-state index contributed by atoms with van der Waals surface area (Å²) in [7, 11) is -3.49. The Balaban J connectivity index is 1.61. The number of nitrogens with one attached hydrogen (secondary N) is 2. The van der Waals surface area contributed by atoms with Crippen molar-refractivity contribution in [2.45, 2.75) is 23.2 Å². The average Bonchev–Trinajstić information content (AvgIpc) is 3.26. The van der Waals surface area contributed by atoms with E-state index < -0.39 is 10.0 Å². The molecule has 0 radical (unpaired) electrons. The minimum absolute atomic E-state index is 0.148. The van der Waals surface area contributed by atoms with Gasteiger partial charge < -0.3 is 4.98 Å². The van der Waals surface area contributed by atoms with Crippen LogP contribution in [0.5, 0.6) is 0 Å². The molecule has 0 atom stereocenters. The molecule has 4 rings (SSSR count). The summed E-state index contributed by atoms with van der Waals surface area (Å²) in [5.41, 5.74) is 2.01. The Hall–Kier alpha value is -1.82. The fourth-order valence-corrected chi connectivity index (χ4v) is 4.46. The summed E-state index contributed by atoms with van der Waals surface area (Å²) in [6.45, 7) is 0.393. The molecule has 1 heterocycles. The molecule has 0 saturated heterocycles. The van der Waals surface area contributed by atoms with Crippen LogP contribution in [0.2, 0.25) is 5.02 Å². The molecular formula is C18H17ClN2O2S. The van der Waals surface area contributed by atoms with Crippen molar-refractivity contribution in [1.82, 2.24) is 9.71 Å². The predicted molar refractivity (Wildman–Crippen MR) is 95.9 cm³/mol. The van der Waals surface area contributed by atoms with Crippen molar-refractivity contribution >= 4 is 32.5 Å². The second-order valence-corrected chi connectivity index (χ2v) is 8.51. The van der Waals surface area contributed by atoms with Gasteiger partial charge in [-0.2, -0.15) is 0 Å². The van der Waals surface area contributed by atoms with Gasteiger partial charge >= 0.3 is 0 Å². The molecule has 1 aromatic heterocycles. The zero-order chi connectivity index (χ0) is 16.8.